The summed E-state index contributed by atoms with van der Waals surface area (Å²) in [6, 6.07) is 5.61. The predicted octanol–water partition coefficient (Wildman–Crippen LogP) is 2.50. The van der Waals surface area contributed by atoms with Crippen LogP contribution >= 0.6 is 0 Å². The van der Waals surface area contributed by atoms with E-state index in [0.29, 0.717) is 18.7 Å². The molecule has 0 aliphatic carbocycles. The summed E-state index contributed by atoms with van der Waals surface area (Å²) in [6.07, 6.45) is 2.28. The molecule has 2 rings (SSSR count). The number of nitrogens with one attached hydrogen (secondary N) is 1. The molecule has 1 heterocycles. The number of carbonyl (C=O) groups excluding carboxylic acids is 1. The number of benzene rings is 1. The first kappa shape index (κ1) is 15.2. The second-order valence-electron chi connectivity index (χ2n) is 5.81. The highest BCUT2D eigenvalue weighted by Gasteiger charge is 2.14. The van der Waals surface area contributed by atoms with Crippen molar-refractivity contribution in [2.45, 2.75) is 39.2 Å². The minimum absolute atomic E-state index is 0.0562. The van der Waals surface area contributed by atoms with Gasteiger partial charge in [-0.25, -0.2) is 0 Å². The van der Waals surface area contributed by atoms with Gasteiger partial charge in [0, 0.05) is 23.2 Å². The molecule has 0 aliphatic rings. The second kappa shape index (κ2) is 6.05. The lowest BCUT2D eigenvalue weighted by Crippen LogP contribution is -2.33. The minimum atomic E-state index is -0.349. The summed E-state index contributed by atoms with van der Waals surface area (Å²) in [4.78, 5) is 12.0. The van der Waals surface area contributed by atoms with Crippen molar-refractivity contribution in [1.82, 2.24) is 10.2 Å². The Hall–Kier alpha value is -2.21. The highest BCUT2D eigenvalue weighted by atomic mass is 16.4. The number of carbonyl (C=O) groups is 1. The normalized spacial score (nSPS) is 11.4. The van der Waals surface area contributed by atoms with Gasteiger partial charge in [-0.05, 0) is 44.9 Å². The van der Waals surface area contributed by atoms with Crippen LogP contribution in [-0.4, -0.2) is 21.6 Å². The Morgan fingerprint density at radius 1 is 1.43 bits per heavy atom. The molecule has 0 atom stereocenters. The van der Waals surface area contributed by atoms with E-state index in [0.717, 1.165) is 16.8 Å². The van der Waals surface area contributed by atoms with E-state index in [4.69, 9.17) is 10.2 Å². The lowest BCUT2D eigenvalue weighted by molar-refractivity contribution is -0.116. The standard InChI is InChI=1S/C15H20N4O2/c1-10-4-5-11(14-19-17-9-21-14)8-12(10)18-13(20)6-7-15(2,3)16/h4-5,8-9H,6-7,16H2,1-3H3,(H,18,20). The Morgan fingerprint density at radius 2 is 2.19 bits per heavy atom. The van der Waals surface area contributed by atoms with E-state index in [9.17, 15) is 4.79 Å². The van der Waals surface area contributed by atoms with Gasteiger partial charge in [0.25, 0.3) is 0 Å². The Bertz CT molecular complexity index is 615. The summed E-state index contributed by atoms with van der Waals surface area (Å²) in [6.45, 7) is 5.74. The molecule has 0 aliphatic heterocycles. The summed E-state index contributed by atoms with van der Waals surface area (Å²) in [5.41, 5.74) is 8.02. The molecule has 1 aromatic carbocycles. The van der Waals surface area contributed by atoms with E-state index < -0.39 is 0 Å². The molecule has 0 unspecified atom stereocenters. The van der Waals surface area contributed by atoms with Crippen LogP contribution in [0, 0.1) is 6.92 Å². The van der Waals surface area contributed by atoms with Gasteiger partial charge in [0.05, 0.1) is 0 Å². The van der Waals surface area contributed by atoms with Gasteiger partial charge in [-0.1, -0.05) is 6.07 Å². The third kappa shape index (κ3) is 4.39. The van der Waals surface area contributed by atoms with Crippen LogP contribution in [-0.2, 0) is 4.79 Å². The molecular weight excluding hydrogens is 268 g/mol. The molecule has 2 aromatic rings. The maximum absolute atomic E-state index is 12.0. The smallest absolute Gasteiger partial charge is 0.247 e. The molecule has 0 bridgehead atoms. The molecule has 0 saturated carbocycles. The number of hydrogen-bond acceptors (Lipinski definition) is 5. The van der Waals surface area contributed by atoms with Gasteiger partial charge in [-0.2, -0.15) is 0 Å². The Balaban J connectivity index is 2.09. The summed E-state index contributed by atoms with van der Waals surface area (Å²) in [5, 5.41) is 10.4. The number of anilines is 1. The van der Waals surface area contributed by atoms with E-state index in [1.165, 1.54) is 6.39 Å². The van der Waals surface area contributed by atoms with Crippen molar-refractivity contribution in [3.8, 4) is 11.5 Å². The summed E-state index contributed by atoms with van der Waals surface area (Å²) >= 11 is 0. The summed E-state index contributed by atoms with van der Waals surface area (Å²) in [5.74, 6) is 0.368. The number of rotatable bonds is 5. The zero-order chi connectivity index (χ0) is 15.5. The average molecular weight is 288 g/mol. The van der Waals surface area contributed by atoms with Gasteiger partial charge in [-0.15, -0.1) is 10.2 Å². The maximum Gasteiger partial charge on any atom is 0.247 e. The molecule has 1 amide bonds. The first-order valence-corrected chi connectivity index (χ1v) is 6.81. The first-order chi connectivity index (χ1) is 9.85. The van der Waals surface area contributed by atoms with Crippen LogP contribution in [0.2, 0.25) is 0 Å². The van der Waals surface area contributed by atoms with Gasteiger partial charge in [0.2, 0.25) is 18.2 Å². The molecular formula is C15H20N4O2. The third-order valence-electron chi connectivity index (χ3n) is 3.12. The fourth-order valence-corrected chi connectivity index (χ4v) is 1.84. The molecule has 0 spiro atoms. The largest absolute Gasteiger partial charge is 0.423 e. The maximum atomic E-state index is 12.0. The molecule has 0 saturated heterocycles. The quantitative estimate of drug-likeness (QED) is 0.881. The van der Waals surface area contributed by atoms with Crippen molar-refractivity contribution in [2.24, 2.45) is 5.73 Å². The van der Waals surface area contributed by atoms with Crippen LogP contribution in [0.15, 0.2) is 29.0 Å². The third-order valence-corrected chi connectivity index (χ3v) is 3.12. The predicted molar refractivity (Wildman–Crippen MR) is 80.6 cm³/mol. The van der Waals surface area contributed by atoms with Gasteiger partial charge in [0.15, 0.2) is 0 Å². The molecule has 112 valence electrons. The molecule has 21 heavy (non-hydrogen) atoms. The van der Waals surface area contributed by atoms with Crippen molar-refractivity contribution in [3.63, 3.8) is 0 Å². The fourth-order valence-electron chi connectivity index (χ4n) is 1.84. The number of hydrogen-bond donors (Lipinski definition) is 2. The van der Waals surface area contributed by atoms with Crippen LogP contribution in [0.25, 0.3) is 11.5 Å². The van der Waals surface area contributed by atoms with Gasteiger partial charge < -0.3 is 15.5 Å². The average Bonchev–Trinajstić information content (AvgIpc) is 2.92. The molecule has 6 nitrogen and oxygen atoms in total. The number of nitrogens with two attached hydrogens (primary N) is 1. The zero-order valence-electron chi connectivity index (χ0n) is 12.5. The van der Waals surface area contributed by atoms with E-state index >= 15 is 0 Å². The van der Waals surface area contributed by atoms with E-state index in [1.54, 1.807) is 0 Å². The van der Waals surface area contributed by atoms with Crippen LogP contribution in [0.1, 0.15) is 32.3 Å². The van der Waals surface area contributed by atoms with E-state index in [-0.39, 0.29) is 11.4 Å². The minimum Gasteiger partial charge on any atom is -0.423 e. The van der Waals surface area contributed by atoms with Crippen molar-refractivity contribution in [1.29, 1.82) is 0 Å². The lowest BCUT2D eigenvalue weighted by atomic mass is 10.00. The topological polar surface area (TPSA) is 94.0 Å². The highest BCUT2D eigenvalue weighted by molar-refractivity contribution is 5.92. The van der Waals surface area contributed by atoms with Gasteiger partial charge in [-0.3, -0.25) is 4.79 Å². The van der Waals surface area contributed by atoms with Crippen molar-refractivity contribution < 1.29 is 9.21 Å². The molecule has 0 fully saturated rings. The zero-order valence-corrected chi connectivity index (χ0v) is 12.5. The van der Waals surface area contributed by atoms with Crippen molar-refractivity contribution >= 4 is 11.6 Å². The Kier molecular flexibility index (Phi) is 4.37. The highest BCUT2D eigenvalue weighted by Crippen LogP contribution is 2.24. The Morgan fingerprint density at radius 3 is 2.81 bits per heavy atom. The molecule has 6 heteroatoms. The monoisotopic (exact) mass is 288 g/mol. The Labute approximate surface area is 123 Å². The number of aryl methyl sites for hydroxylation is 1. The SMILES string of the molecule is Cc1ccc(-c2nnco2)cc1NC(=O)CCC(C)(C)N. The van der Waals surface area contributed by atoms with E-state index in [1.807, 2.05) is 39.0 Å². The van der Waals surface area contributed by atoms with Crippen molar-refractivity contribution in [3.05, 3.63) is 30.2 Å². The van der Waals surface area contributed by atoms with Crippen LogP contribution < -0.4 is 11.1 Å². The second-order valence-corrected chi connectivity index (χ2v) is 5.81. The number of aromatic nitrogens is 2. The number of nitrogens with zero attached hydrogens (tertiary/aromatic N) is 2. The van der Waals surface area contributed by atoms with Gasteiger partial charge in [0.1, 0.15) is 0 Å². The summed E-state index contributed by atoms with van der Waals surface area (Å²) in [7, 11) is 0. The first-order valence-electron chi connectivity index (χ1n) is 6.81. The van der Waals surface area contributed by atoms with Gasteiger partial charge >= 0.3 is 0 Å². The molecule has 0 radical (unpaired) electrons. The van der Waals surface area contributed by atoms with Crippen LogP contribution in [0.3, 0.4) is 0 Å². The lowest BCUT2D eigenvalue weighted by Gasteiger charge is -2.18. The van der Waals surface area contributed by atoms with Crippen LogP contribution in [0.5, 0.6) is 0 Å². The van der Waals surface area contributed by atoms with E-state index in [2.05, 4.69) is 15.5 Å². The van der Waals surface area contributed by atoms with Crippen molar-refractivity contribution in [2.75, 3.05) is 5.32 Å². The molecule has 1 aromatic heterocycles. The number of amides is 1. The molecule has 3 N–H and O–H groups in total. The summed E-state index contributed by atoms with van der Waals surface area (Å²) < 4.78 is 5.16. The van der Waals surface area contributed by atoms with Crippen LogP contribution in [0.4, 0.5) is 5.69 Å². The fraction of sp³-hybridized carbons (Fsp3) is 0.400.